The standard InChI is InChI=1S/C17H25NO6S/c1-4-13(16(19)23-5-2)12-15(17(20)24-6-3)18-25(21,22)14-10-8-7-9-11-14/h7-11,13,15,18H,4-6,12H2,1-3H3/t13-,15+/m1/s1. The largest absolute Gasteiger partial charge is 0.466 e. The average Bonchev–Trinajstić information content (AvgIpc) is 2.59. The summed E-state index contributed by atoms with van der Waals surface area (Å²) in [7, 11) is -3.92. The Labute approximate surface area is 148 Å². The van der Waals surface area contributed by atoms with Gasteiger partial charge in [-0.05, 0) is 38.8 Å². The molecule has 1 aromatic carbocycles. The smallest absolute Gasteiger partial charge is 0.324 e. The maximum absolute atomic E-state index is 12.5. The van der Waals surface area contributed by atoms with Gasteiger partial charge in [0, 0.05) is 0 Å². The minimum atomic E-state index is -3.92. The SMILES string of the molecule is CCOC(=O)[C@H](CC)C[C@H](NS(=O)(=O)c1ccccc1)C(=O)OCC. The van der Waals surface area contributed by atoms with Crippen molar-refractivity contribution in [2.24, 2.45) is 5.92 Å². The fourth-order valence-electron chi connectivity index (χ4n) is 2.26. The number of carbonyl (C=O) groups excluding carboxylic acids is 2. The maximum Gasteiger partial charge on any atom is 0.324 e. The third kappa shape index (κ3) is 6.47. The molecule has 0 saturated carbocycles. The van der Waals surface area contributed by atoms with Crippen molar-refractivity contribution in [2.75, 3.05) is 13.2 Å². The van der Waals surface area contributed by atoms with Crippen molar-refractivity contribution in [1.82, 2.24) is 4.72 Å². The summed E-state index contributed by atoms with van der Waals surface area (Å²) in [6.45, 7) is 5.41. The lowest BCUT2D eigenvalue weighted by Gasteiger charge is -2.21. The van der Waals surface area contributed by atoms with Crippen LogP contribution < -0.4 is 4.72 Å². The van der Waals surface area contributed by atoms with Crippen LogP contribution >= 0.6 is 0 Å². The summed E-state index contributed by atoms with van der Waals surface area (Å²) in [6.07, 6.45) is 0.391. The molecule has 140 valence electrons. The van der Waals surface area contributed by atoms with Crippen LogP contribution in [0.5, 0.6) is 0 Å². The summed E-state index contributed by atoms with van der Waals surface area (Å²) in [5.41, 5.74) is 0. The Balaban J connectivity index is 3.00. The van der Waals surface area contributed by atoms with E-state index in [1.54, 1.807) is 39.0 Å². The Kier molecular flexibility index (Phi) is 8.57. The summed E-state index contributed by atoms with van der Waals surface area (Å²) >= 11 is 0. The molecular formula is C17H25NO6S. The van der Waals surface area contributed by atoms with E-state index in [2.05, 4.69) is 4.72 Å². The molecule has 0 spiro atoms. The van der Waals surface area contributed by atoms with Crippen LogP contribution in [0.3, 0.4) is 0 Å². The van der Waals surface area contributed by atoms with Crippen molar-refractivity contribution in [1.29, 1.82) is 0 Å². The van der Waals surface area contributed by atoms with Gasteiger partial charge in [-0.15, -0.1) is 0 Å². The molecule has 0 aliphatic carbocycles. The molecule has 0 amide bonds. The first-order chi connectivity index (χ1) is 11.9. The Hall–Kier alpha value is -1.93. The molecule has 0 aliphatic rings. The topological polar surface area (TPSA) is 98.8 Å². The zero-order valence-electron chi connectivity index (χ0n) is 14.7. The summed E-state index contributed by atoms with van der Waals surface area (Å²) in [4.78, 5) is 24.2. The first-order valence-corrected chi connectivity index (χ1v) is 9.74. The quantitative estimate of drug-likeness (QED) is 0.631. The van der Waals surface area contributed by atoms with E-state index in [1.165, 1.54) is 12.1 Å². The molecule has 0 unspecified atom stereocenters. The van der Waals surface area contributed by atoms with Crippen molar-refractivity contribution in [3.05, 3.63) is 30.3 Å². The number of carbonyl (C=O) groups is 2. The van der Waals surface area contributed by atoms with Gasteiger partial charge < -0.3 is 9.47 Å². The molecule has 0 saturated heterocycles. The zero-order chi connectivity index (χ0) is 18.9. The maximum atomic E-state index is 12.5. The van der Waals surface area contributed by atoms with E-state index in [0.29, 0.717) is 6.42 Å². The summed E-state index contributed by atoms with van der Waals surface area (Å²) in [5.74, 6) is -1.78. The van der Waals surface area contributed by atoms with Gasteiger partial charge in [-0.1, -0.05) is 25.1 Å². The van der Waals surface area contributed by atoms with E-state index >= 15 is 0 Å². The van der Waals surface area contributed by atoms with Gasteiger partial charge in [0.2, 0.25) is 10.0 Å². The number of rotatable bonds is 10. The highest BCUT2D eigenvalue weighted by atomic mass is 32.2. The Morgan fingerprint density at radius 2 is 1.56 bits per heavy atom. The first kappa shape index (κ1) is 21.1. The van der Waals surface area contributed by atoms with Crippen LogP contribution in [0.4, 0.5) is 0 Å². The van der Waals surface area contributed by atoms with Crippen LogP contribution in [0.2, 0.25) is 0 Å². The third-order valence-corrected chi connectivity index (χ3v) is 5.04. The Morgan fingerprint density at radius 1 is 1.00 bits per heavy atom. The van der Waals surface area contributed by atoms with E-state index in [1.807, 2.05) is 0 Å². The molecule has 1 N–H and O–H groups in total. The number of nitrogens with one attached hydrogen (secondary N) is 1. The second kappa shape index (κ2) is 10.1. The van der Waals surface area contributed by atoms with E-state index in [4.69, 9.17) is 9.47 Å². The molecule has 7 nitrogen and oxygen atoms in total. The predicted octanol–water partition coefficient (Wildman–Crippen LogP) is 1.88. The molecule has 0 radical (unpaired) electrons. The lowest BCUT2D eigenvalue weighted by Crippen LogP contribution is -2.44. The lowest BCUT2D eigenvalue weighted by atomic mass is 9.98. The van der Waals surface area contributed by atoms with Crippen molar-refractivity contribution >= 4 is 22.0 Å². The average molecular weight is 371 g/mol. The van der Waals surface area contributed by atoms with Crippen LogP contribution in [-0.2, 0) is 29.1 Å². The monoisotopic (exact) mass is 371 g/mol. The van der Waals surface area contributed by atoms with Crippen LogP contribution in [0.15, 0.2) is 35.2 Å². The number of hydrogen-bond donors (Lipinski definition) is 1. The number of ether oxygens (including phenoxy) is 2. The molecule has 0 aliphatic heterocycles. The molecule has 8 heteroatoms. The highest BCUT2D eigenvalue weighted by Gasteiger charge is 2.32. The third-order valence-electron chi connectivity index (χ3n) is 3.55. The normalized spacial score (nSPS) is 13.7. The van der Waals surface area contributed by atoms with Crippen LogP contribution in [0.25, 0.3) is 0 Å². The van der Waals surface area contributed by atoms with E-state index in [0.717, 1.165) is 0 Å². The zero-order valence-corrected chi connectivity index (χ0v) is 15.5. The van der Waals surface area contributed by atoms with Crippen LogP contribution in [-0.4, -0.2) is 39.6 Å². The molecule has 1 aromatic rings. The first-order valence-electron chi connectivity index (χ1n) is 8.26. The second-order valence-electron chi connectivity index (χ2n) is 5.33. The molecule has 1 rings (SSSR count). The van der Waals surface area contributed by atoms with Gasteiger partial charge in [0.1, 0.15) is 6.04 Å². The van der Waals surface area contributed by atoms with E-state index in [9.17, 15) is 18.0 Å². The minimum absolute atomic E-state index is 0.0275. The fourth-order valence-corrected chi connectivity index (χ4v) is 3.48. The van der Waals surface area contributed by atoms with Gasteiger partial charge in [-0.3, -0.25) is 9.59 Å². The van der Waals surface area contributed by atoms with E-state index < -0.39 is 33.9 Å². The summed E-state index contributed by atoms with van der Waals surface area (Å²) in [5, 5.41) is 0. The van der Waals surface area contributed by atoms with Gasteiger partial charge in [0.05, 0.1) is 24.0 Å². The Bertz CT molecular complexity index is 659. The van der Waals surface area contributed by atoms with E-state index in [-0.39, 0.29) is 24.5 Å². The Morgan fingerprint density at radius 3 is 2.08 bits per heavy atom. The molecule has 2 atom stereocenters. The molecule has 0 aromatic heterocycles. The van der Waals surface area contributed by atoms with Gasteiger partial charge in [-0.25, -0.2) is 8.42 Å². The summed E-state index contributed by atoms with van der Waals surface area (Å²) in [6, 6.07) is 6.54. The van der Waals surface area contributed by atoms with Crippen molar-refractivity contribution in [2.45, 2.75) is 44.6 Å². The van der Waals surface area contributed by atoms with Gasteiger partial charge >= 0.3 is 11.9 Å². The molecular weight excluding hydrogens is 346 g/mol. The molecule has 0 fully saturated rings. The predicted molar refractivity (Wildman–Crippen MR) is 92.2 cm³/mol. The molecule has 25 heavy (non-hydrogen) atoms. The number of esters is 2. The lowest BCUT2D eigenvalue weighted by molar-refractivity contribution is -0.150. The highest BCUT2D eigenvalue weighted by molar-refractivity contribution is 7.89. The number of sulfonamides is 1. The second-order valence-corrected chi connectivity index (χ2v) is 7.05. The van der Waals surface area contributed by atoms with Crippen molar-refractivity contribution in [3.8, 4) is 0 Å². The fraction of sp³-hybridized carbons (Fsp3) is 0.529. The van der Waals surface area contributed by atoms with Crippen LogP contribution in [0.1, 0.15) is 33.6 Å². The summed E-state index contributed by atoms with van der Waals surface area (Å²) < 4.78 is 37.2. The van der Waals surface area contributed by atoms with Gasteiger partial charge in [0.25, 0.3) is 0 Å². The van der Waals surface area contributed by atoms with Gasteiger partial charge in [-0.2, -0.15) is 4.72 Å². The van der Waals surface area contributed by atoms with Crippen molar-refractivity contribution < 1.29 is 27.5 Å². The molecule has 0 bridgehead atoms. The highest BCUT2D eigenvalue weighted by Crippen LogP contribution is 2.17. The number of hydrogen-bond acceptors (Lipinski definition) is 6. The molecule has 0 heterocycles. The number of benzene rings is 1. The van der Waals surface area contributed by atoms with Crippen LogP contribution in [0, 0.1) is 5.92 Å². The minimum Gasteiger partial charge on any atom is -0.466 e. The van der Waals surface area contributed by atoms with Gasteiger partial charge in [0.15, 0.2) is 0 Å². The van der Waals surface area contributed by atoms with Crippen molar-refractivity contribution in [3.63, 3.8) is 0 Å².